The smallest absolute Gasteiger partial charge is 0.167 e. The van der Waals surface area contributed by atoms with E-state index in [0.717, 1.165) is 32.1 Å². The molecule has 0 aliphatic carbocycles. The molecule has 0 spiro atoms. The molecule has 0 amide bonds. The Morgan fingerprint density at radius 3 is 1.80 bits per heavy atom. The summed E-state index contributed by atoms with van der Waals surface area (Å²) in [7, 11) is 5.08. The highest BCUT2D eigenvalue weighted by atomic mass is 16.1. The standard InChI is InChI=1S/C18H29BO/c1-2-3-4-5-6-7-8-9-10-11-12-13-14-15-16-17-18(19)20/h6-7,9-10,12-13H,2-5,8,11,14-17H2,1H3/b7-6-,10-9-,13-12-. The molecular formula is C18H29BO. The molecule has 0 saturated carbocycles. The number of allylic oxidation sites excluding steroid dienone is 6. The van der Waals surface area contributed by atoms with E-state index < -0.39 is 0 Å². The summed E-state index contributed by atoms with van der Waals surface area (Å²) in [5.74, 6) is 0. The average Bonchev–Trinajstić information content (AvgIpc) is 2.43. The molecule has 0 aromatic carbocycles. The van der Waals surface area contributed by atoms with E-state index in [1.165, 1.54) is 25.7 Å². The van der Waals surface area contributed by atoms with Crippen LogP contribution in [-0.2, 0) is 4.79 Å². The Morgan fingerprint density at radius 2 is 1.30 bits per heavy atom. The Labute approximate surface area is 126 Å². The minimum absolute atomic E-state index is 0.195. The van der Waals surface area contributed by atoms with Crippen molar-refractivity contribution in [3.63, 3.8) is 0 Å². The van der Waals surface area contributed by atoms with Crippen molar-refractivity contribution in [2.45, 2.75) is 71.1 Å². The molecule has 0 heterocycles. The largest absolute Gasteiger partial charge is 0.313 e. The Kier molecular flexibility index (Phi) is 15.2. The number of rotatable bonds is 13. The van der Waals surface area contributed by atoms with Gasteiger partial charge in [0, 0.05) is 0 Å². The maximum atomic E-state index is 10.5. The van der Waals surface area contributed by atoms with Crippen LogP contribution in [0.5, 0.6) is 0 Å². The molecule has 0 bridgehead atoms. The SMILES string of the molecule is [B]C(=O)CCCC/C=C\C/C=C\C/C=C\CCCCC. The fourth-order valence-corrected chi connectivity index (χ4v) is 1.85. The summed E-state index contributed by atoms with van der Waals surface area (Å²) < 4.78 is 0. The molecule has 0 atom stereocenters. The van der Waals surface area contributed by atoms with Crippen LogP contribution in [0, 0.1) is 0 Å². The van der Waals surface area contributed by atoms with Gasteiger partial charge < -0.3 is 4.79 Å². The summed E-state index contributed by atoms with van der Waals surface area (Å²) in [5, 5.41) is 0. The molecule has 0 N–H and O–H groups in total. The van der Waals surface area contributed by atoms with Crippen molar-refractivity contribution in [3.8, 4) is 0 Å². The highest BCUT2D eigenvalue weighted by Crippen LogP contribution is 2.02. The average molecular weight is 272 g/mol. The van der Waals surface area contributed by atoms with Crippen LogP contribution in [0.1, 0.15) is 71.1 Å². The van der Waals surface area contributed by atoms with Gasteiger partial charge in [-0.3, -0.25) is 0 Å². The molecule has 1 nitrogen and oxygen atoms in total. The molecule has 2 radical (unpaired) electrons. The molecule has 2 heteroatoms. The van der Waals surface area contributed by atoms with Crippen molar-refractivity contribution in [1.29, 1.82) is 0 Å². The molecule has 0 rings (SSSR count). The van der Waals surface area contributed by atoms with Crippen LogP contribution in [0.3, 0.4) is 0 Å². The van der Waals surface area contributed by atoms with Crippen molar-refractivity contribution in [2.24, 2.45) is 0 Å². The van der Waals surface area contributed by atoms with Crippen molar-refractivity contribution >= 4 is 13.5 Å². The Hall–Kier alpha value is -1.05. The molecule has 0 aromatic rings. The van der Waals surface area contributed by atoms with E-state index >= 15 is 0 Å². The van der Waals surface area contributed by atoms with Crippen molar-refractivity contribution in [2.75, 3.05) is 0 Å². The van der Waals surface area contributed by atoms with Crippen LogP contribution in [0.4, 0.5) is 0 Å². The predicted octanol–water partition coefficient (Wildman–Crippen LogP) is 5.27. The first kappa shape index (κ1) is 19.0. The lowest BCUT2D eigenvalue weighted by Gasteiger charge is -1.93. The third-order valence-corrected chi connectivity index (χ3v) is 3.06. The van der Waals surface area contributed by atoms with Crippen molar-refractivity contribution in [1.82, 2.24) is 0 Å². The van der Waals surface area contributed by atoms with E-state index in [1.807, 2.05) is 0 Å². The fraction of sp³-hybridized carbons (Fsp3) is 0.611. The van der Waals surface area contributed by atoms with Crippen LogP contribution in [0.15, 0.2) is 36.5 Å². The minimum Gasteiger partial charge on any atom is -0.313 e. The number of hydrogen-bond donors (Lipinski definition) is 0. The quantitative estimate of drug-likeness (QED) is 0.253. The monoisotopic (exact) mass is 272 g/mol. The van der Waals surface area contributed by atoms with E-state index in [-0.39, 0.29) is 5.68 Å². The number of carbonyl (C=O) groups is 1. The lowest BCUT2D eigenvalue weighted by Crippen LogP contribution is -1.94. The van der Waals surface area contributed by atoms with E-state index in [0.29, 0.717) is 6.42 Å². The third-order valence-electron chi connectivity index (χ3n) is 3.06. The van der Waals surface area contributed by atoms with Crippen LogP contribution < -0.4 is 0 Å². The second-order valence-corrected chi connectivity index (χ2v) is 5.09. The zero-order valence-electron chi connectivity index (χ0n) is 13.0. The highest BCUT2D eigenvalue weighted by Gasteiger charge is 1.90. The summed E-state index contributed by atoms with van der Waals surface area (Å²) in [6.45, 7) is 2.23. The number of hydrogen-bond acceptors (Lipinski definition) is 1. The Morgan fingerprint density at radius 1 is 0.800 bits per heavy atom. The van der Waals surface area contributed by atoms with Gasteiger partial charge in [0.15, 0.2) is 7.85 Å². The van der Waals surface area contributed by atoms with Gasteiger partial charge in [0.1, 0.15) is 0 Å². The maximum absolute atomic E-state index is 10.5. The molecule has 0 aromatic heterocycles. The first-order valence-electron chi connectivity index (χ1n) is 8.00. The maximum Gasteiger partial charge on any atom is 0.167 e. The van der Waals surface area contributed by atoms with Gasteiger partial charge in [0.05, 0.1) is 5.68 Å². The molecule has 0 aliphatic heterocycles. The molecular weight excluding hydrogens is 243 g/mol. The second kappa shape index (κ2) is 16.0. The van der Waals surface area contributed by atoms with Gasteiger partial charge in [-0.15, -0.1) is 0 Å². The zero-order chi connectivity index (χ0) is 14.9. The number of carbonyl (C=O) groups excluding carboxylic acids is 1. The van der Waals surface area contributed by atoms with Gasteiger partial charge in [-0.05, 0) is 51.4 Å². The zero-order valence-corrected chi connectivity index (χ0v) is 13.0. The van der Waals surface area contributed by atoms with E-state index in [9.17, 15) is 4.79 Å². The van der Waals surface area contributed by atoms with Gasteiger partial charge in [-0.2, -0.15) is 0 Å². The molecule has 110 valence electrons. The molecule has 0 saturated heterocycles. The van der Waals surface area contributed by atoms with E-state index in [1.54, 1.807) is 0 Å². The lowest BCUT2D eigenvalue weighted by atomic mass is 9.97. The summed E-state index contributed by atoms with van der Waals surface area (Å²) in [6, 6.07) is 0. The second-order valence-electron chi connectivity index (χ2n) is 5.09. The van der Waals surface area contributed by atoms with E-state index in [2.05, 4.69) is 43.4 Å². The van der Waals surface area contributed by atoms with Crippen LogP contribution in [0.25, 0.3) is 0 Å². The number of unbranched alkanes of at least 4 members (excludes halogenated alkanes) is 5. The van der Waals surface area contributed by atoms with Crippen LogP contribution >= 0.6 is 0 Å². The fourth-order valence-electron chi connectivity index (χ4n) is 1.85. The van der Waals surface area contributed by atoms with Crippen molar-refractivity contribution < 1.29 is 4.79 Å². The Bertz CT molecular complexity index is 303. The lowest BCUT2D eigenvalue weighted by molar-refractivity contribution is -0.111. The van der Waals surface area contributed by atoms with Gasteiger partial charge in [0.25, 0.3) is 0 Å². The van der Waals surface area contributed by atoms with Crippen molar-refractivity contribution in [3.05, 3.63) is 36.5 Å². The summed E-state index contributed by atoms with van der Waals surface area (Å²) >= 11 is 0. The summed E-state index contributed by atoms with van der Waals surface area (Å²) in [4.78, 5) is 10.5. The summed E-state index contributed by atoms with van der Waals surface area (Å²) in [5.41, 5.74) is -0.195. The molecule has 0 unspecified atom stereocenters. The topological polar surface area (TPSA) is 17.1 Å². The third kappa shape index (κ3) is 17.0. The van der Waals surface area contributed by atoms with Gasteiger partial charge in [-0.1, -0.05) is 56.2 Å². The first-order valence-corrected chi connectivity index (χ1v) is 8.00. The van der Waals surface area contributed by atoms with Crippen LogP contribution in [-0.4, -0.2) is 13.5 Å². The molecule has 0 aliphatic rings. The Balaban J connectivity index is 3.32. The minimum atomic E-state index is -0.195. The van der Waals surface area contributed by atoms with Crippen LogP contribution in [0.2, 0.25) is 0 Å². The predicted molar refractivity (Wildman–Crippen MR) is 90.0 cm³/mol. The molecule has 0 fully saturated rings. The highest BCUT2D eigenvalue weighted by molar-refractivity contribution is 6.57. The summed E-state index contributed by atoms with van der Waals surface area (Å²) in [6.07, 6.45) is 24.0. The normalized spacial score (nSPS) is 12.1. The first-order chi connectivity index (χ1) is 9.77. The van der Waals surface area contributed by atoms with Gasteiger partial charge >= 0.3 is 0 Å². The van der Waals surface area contributed by atoms with Gasteiger partial charge in [-0.25, -0.2) is 0 Å². The van der Waals surface area contributed by atoms with E-state index in [4.69, 9.17) is 7.85 Å². The van der Waals surface area contributed by atoms with Gasteiger partial charge in [0.2, 0.25) is 0 Å². The molecule has 20 heavy (non-hydrogen) atoms.